The first kappa shape index (κ1) is 13.5. The Hall–Kier alpha value is -1.94. The fourth-order valence-corrected chi connectivity index (χ4v) is 2.11. The number of rotatable bonds is 4. The van der Waals surface area contributed by atoms with Crippen LogP contribution >= 0.6 is 12.8 Å². The third-order valence-electron chi connectivity index (χ3n) is 2.72. The normalized spacial score (nSPS) is 10.0. The molecule has 4 heteroatoms. The molecule has 0 N–H and O–H groups in total. The van der Waals surface area contributed by atoms with Crippen molar-refractivity contribution < 1.29 is 4.79 Å². The zero-order valence-electron chi connectivity index (χ0n) is 10.7. The van der Waals surface area contributed by atoms with Gasteiger partial charge in [-0.3, -0.25) is 4.79 Å². The van der Waals surface area contributed by atoms with Gasteiger partial charge in [0.25, 0.3) is 5.91 Å². The number of thiol groups is 1. The summed E-state index contributed by atoms with van der Waals surface area (Å²) in [7, 11) is 0. The fraction of sp³-hybridized carbons (Fsp3) is 0.133. The number of hydrogen-bond acceptors (Lipinski definition) is 3. The Labute approximate surface area is 119 Å². The van der Waals surface area contributed by atoms with Crippen molar-refractivity contribution in [3.05, 3.63) is 60.7 Å². The van der Waals surface area contributed by atoms with Gasteiger partial charge in [-0.25, -0.2) is 5.01 Å². The van der Waals surface area contributed by atoms with E-state index < -0.39 is 0 Å². The number of hydrogen-bond donors (Lipinski definition) is 1. The van der Waals surface area contributed by atoms with Gasteiger partial charge in [0.1, 0.15) is 0 Å². The molecular weight excluding hydrogens is 256 g/mol. The van der Waals surface area contributed by atoms with Gasteiger partial charge in [0.05, 0.1) is 11.4 Å². The molecule has 0 saturated heterocycles. The lowest BCUT2D eigenvalue weighted by molar-refractivity contribution is -0.125. The highest BCUT2D eigenvalue weighted by Gasteiger charge is 2.19. The van der Waals surface area contributed by atoms with E-state index in [2.05, 4.69) is 12.8 Å². The van der Waals surface area contributed by atoms with E-state index in [1.807, 2.05) is 67.6 Å². The summed E-state index contributed by atoms with van der Waals surface area (Å²) in [5.74, 6) is -0.0592. The van der Waals surface area contributed by atoms with E-state index in [-0.39, 0.29) is 5.91 Å². The molecule has 0 bridgehead atoms. The summed E-state index contributed by atoms with van der Waals surface area (Å²) < 4.78 is 1.35. The molecule has 0 aliphatic heterocycles. The van der Waals surface area contributed by atoms with Gasteiger partial charge in [-0.2, -0.15) is 4.41 Å². The van der Waals surface area contributed by atoms with Crippen LogP contribution in [0, 0.1) is 0 Å². The molecule has 3 nitrogen and oxygen atoms in total. The lowest BCUT2D eigenvalue weighted by Gasteiger charge is -2.32. The van der Waals surface area contributed by atoms with Crippen molar-refractivity contribution in [2.45, 2.75) is 13.3 Å². The number of nitrogens with zero attached hydrogens (tertiary/aromatic N) is 2. The maximum absolute atomic E-state index is 11.9. The minimum atomic E-state index is -0.0592. The van der Waals surface area contributed by atoms with Gasteiger partial charge < -0.3 is 0 Å². The Kier molecular flexibility index (Phi) is 4.47. The van der Waals surface area contributed by atoms with Crippen LogP contribution in [0.1, 0.15) is 13.3 Å². The second-order valence-electron chi connectivity index (χ2n) is 4.02. The van der Waals surface area contributed by atoms with E-state index in [1.54, 1.807) is 5.01 Å². The first-order valence-corrected chi connectivity index (χ1v) is 6.56. The number of amides is 1. The van der Waals surface area contributed by atoms with Crippen molar-refractivity contribution in [1.82, 2.24) is 4.41 Å². The average molecular weight is 272 g/mol. The topological polar surface area (TPSA) is 23.6 Å². The third-order valence-corrected chi connectivity index (χ3v) is 3.12. The van der Waals surface area contributed by atoms with Crippen molar-refractivity contribution in [1.29, 1.82) is 0 Å². The summed E-state index contributed by atoms with van der Waals surface area (Å²) in [5, 5.41) is 1.79. The van der Waals surface area contributed by atoms with E-state index in [0.717, 1.165) is 11.4 Å². The van der Waals surface area contributed by atoms with Gasteiger partial charge in [0.2, 0.25) is 0 Å². The van der Waals surface area contributed by atoms with Gasteiger partial charge in [-0.1, -0.05) is 43.3 Å². The Morgan fingerprint density at radius 1 is 0.947 bits per heavy atom. The first-order valence-electron chi connectivity index (χ1n) is 6.16. The summed E-state index contributed by atoms with van der Waals surface area (Å²) in [6, 6.07) is 19.4. The highest BCUT2D eigenvalue weighted by molar-refractivity contribution is 7.78. The standard InChI is InChI=1S/C15H16N2OS/c1-2-15(18)17(19)16(13-9-5-3-6-10-13)14-11-7-4-8-12-14/h3-12,19H,2H2,1H3. The monoisotopic (exact) mass is 272 g/mol. The van der Waals surface area contributed by atoms with E-state index in [9.17, 15) is 4.79 Å². The van der Waals surface area contributed by atoms with Crippen molar-refractivity contribution in [2.24, 2.45) is 0 Å². The van der Waals surface area contributed by atoms with Gasteiger partial charge in [0.15, 0.2) is 0 Å². The second kappa shape index (κ2) is 6.29. The van der Waals surface area contributed by atoms with E-state index >= 15 is 0 Å². The number of benzene rings is 2. The van der Waals surface area contributed by atoms with Crippen LogP contribution in [0.2, 0.25) is 0 Å². The Bertz CT molecular complexity index is 491. The lowest BCUT2D eigenvalue weighted by atomic mass is 10.2. The molecule has 2 aromatic carbocycles. The smallest absolute Gasteiger partial charge is 0.251 e. The maximum Gasteiger partial charge on any atom is 0.251 e. The summed E-state index contributed by atoms with van der Waals surface area (Å²) in [6.07, 6.45) is 0.402. The zero-order valence-corrected chi connectivity index (χ0v) is 11.6. The number of para-hydroxylation sites is 2. The lowest BCUT2D eigenvalue weighted by Crippen LogP contribution is -2.36. The molecule has 0 heterocycles. The number of anilines is 2. The summed E-state index contributed by atoms with van der Waals surface area (Å²) >= 11 is 4.33. The average Bonchev–Trinajstić information content (AvgIpc) is 2.49. The molecule has 0 unspecified atom stereocenters. The summed E-state index contributed by atoms with van der Waals surface area (Å²) in [5.41, 5.74) is 1.79. The van der Waals surface area contributed by atoms with E-state index in [1.165, 1.54) is 4.41 Å². The fourth-order valence-electron chi connectivity index (χ4n) is 1.76. The predicted octanol–water partition coefficient (Wildman–Crippen LogP) is 3.82. The number of carbonyl (C=O) groups is 1. The molecule has 2 rings (SSSR count). The molecule has 98 valence electrons. The summed E-state index contributed by atoms with van der Waals surface area (Å²) in [6.45, 7) is 1.82. The Morgan fingerprint density at radius 2 is 1.37 bits per heavy atom. The van der Waals surface area contributed by atoms with Crippen LogP contribution in [-0.4, -0.2) is 10.3 Å². The SMILES string of the molecule is CCC(=O)N(S)N(c1ccccc1)c1ccccc1. The highest BCUT2D eigenvalue weighted by atomic mass is 32.1. The Morgan fingerprint density at radius 3 is 1.74 bits per heavy atom. The maximum atomic E-state index is 11.9. The molecule has 19 heavy (non-hydrogen) atoms. The highest BCUT2D eigenvalue weighted by Crippen LogP contribution is 2.28. The molecule has 0 aliphatic carbocycles. The molecule has 0 aliphatic rings. The molecule has 0 aromatic heterocycles. The van der Waals surface area contributed by atoms with Crippen LogP contribution in [-0.2, 0) is 4.79 Å². The van der Waals surface area contributed by atoms with Crippen molar-refractivity contribution in [2.75, 3.05) is 5.01 Å². The summed E-state index contributed by atoms with van der Waals surface area (Å²) in [4.78, 5) is 11.9. The minimum Gasteiger partial charge on any atom is -0.272 e. The Balaban J connectivity index is 2.43. The van der Waals surface area contributed by atoms with E-state index in [4.69, 9.17) is 0 Å². The van der Waals surface area contributed by atoms with Gasteiger partial charge in [-0.15, -0.1) is 0 Å². The molecule has 1 amide bonds. The number of hydrazine groups is 1. The quantitative estimate of drug-likeness (QED) is 0.675. The minimum absolute atomic E-state index is 0.0592. The largest absolute Gasteiger partial charge is 0.272 e. The van der Waals surface area contributed by atoms with Crippen molar-refractivity contribution in [3.63, 3.8) is 0 Å². The van der Waals surface area contributed by atoms with Crippen molar-refractivity contribution >= 4 is 30.1 Å². The van der Waals surface area contributed by atoms with Crippen LogP contribution < -0.4 is 5.01 Å². The van der Waals surface area contributed by atoms with Gasteiger partial charge >= 0.3 is 0 Å². The first-order chi connectivity index (χ1) is 9.24. The van der Waals surface area contributed by atoms with Crippen LogP contribution in [0.25, 0.3) is 0 Å². The zero-order chi connectivity index (χ0) is 13.7. The molecule has 0 spiro atoms. The molecule has 2 aromatic rings. The van der Waals surface area contributed by atoms with Crippen LogP contribution in [0.15, 0.2) is 60.7 Å². The second-order valence-corrected chi connectivity index (χ2v) is 4.40. The van der Waals surface area contributed by atoms with Crippen molar-refractivity contribution in [3.8, 4) is 0 Å². The van der Waals surface area contributed by atoms with Crippen LogP contribution in [0.4, 0.5) is 11.4 Å². The van der Waals surface area contributed by atoms with Gasteiger partial charge in [0, 0.05) is 6.42 Å². The molecular formula is C15H16N2OS. The van der Waals surface area contributed by atoms with Gasteiger partial charge in [-0.05, 0) is 37.1 Å². The molecule has 0 saturated carbocycles. The molecule has 0 radical (unpaired) electrons. The van der Waals surface area contributed by atoms with E-state index in [0.29, 0.717) is 6.42 Å². The van der Waals surface area contributed by atoms with Crippen LogP contribution in [0.5, 0.6) is 0 Å². The molecule has 0 atom stereocenters. The number of carbonyl (C=O) groups excluding carboxylic acids is 1. The van der Waals surface area contributed by atoms with Crippen LogP contribution in [0.3, 0.4) is 0 Å². The third kappa shape index (κ3) is 3.09. The predicted molar refractivity (Wildman–Crippen MR) is 81.1 cm³/mol. The molecule has 0 fully saturated rings.